The molecule has 0 spiro atoms. The van der Waals surface area contributed by atoms with Gasteiger partial charge in [0.1, 0.15) is 11.5 Å². The van der Waals surface area contributed by atoms with Gasteiger partial charge in [-0.2, -0.15) is 0 Å². The molecule has 3 aromatic rings. The van der Waals surface area contributed by atoms with Gasteiger partial charge in [-0.3, -0.25) is 4.79 Å². The molecule has 0 aliphatic carbocycles. The zero-order chi connectivity index (χ0) is 16.8. The Morgan fingerprint density at radius 2 is 1.79 bits per heavy atom. The van der Waals surface area contributed by atoms with Crippen LogP contribution in [0, 0.1) is 17.7 Å². The van der Waals surface area contributed by atoms with Gasteiger partial charge in [0.15, 0.2) is 0 Å². The largest absolute Gasteiger partial charge is 0.322 e. The highest BCUT2D eigenvalue weighted by atomic mass is 19.1. The SMILES string of the molecule is O=C(Nc1cccc(C#Cc2ccccn2)c1)c1ccccc1F. The van der Waals surface area contributed by atoms with Gasteiger partial charge in [0, 0.05) is 17.4 Å². The number of carbonyl (C=O) groups excluding carboxylic acids is 1. The first-order chi connectivity index (χ1) is 11.7. The average Bonchev–Trinajstić information content (AvgIpc) is 2.61. The van der Waals surface area contributed by atoms with Crippen molar-refractivity contribution in [3.63, 3.8) is 0 Å². The monoisotopic (exact) mass is 316 g/mol. The van der Waals surface area contributed by atoms with Crippen LogP contribution in [0.5, 0.6) is 0 Å². The van der Waals surface area contributed by atoms with Crippen LogP contribution in [0.4, 0.5) is 10.1 Å². The van der Waals surface area contributed by atoms with Crippen LogP contribution < -0.4 is 5.32 Å². The van der Waals surface area contributed by atoms with E-state index in [2.05, 4.69) is 22.1 Å². The number of benzene rings is 2. The molecule has 3 rings (SSSR count). The molecule has 0 fully saturated rings. The lowest BCUT2D eigenvalue weighted by Gasteiger charge is -2.06. The first-order valence-corrected chi connectivity index (χ1v) is 7.31. The van der Waals surface area contributed by atoms with E-state index in [1.54, 1.807) is 36.5 Å². The number of nitrogens with one attached hydrogen (secondary N) is 1. The van der Waals surface area contributed by atoms with Gasteiger partial charge in [-0.15, -0.1) is 0 Å². The zero-order valence-electron chi connectivity index (χ0n) is 12.7. The van der Waals surface area contributed by atoms with Crippen LogP contribution in [0.3, 0.4) is 0 Å². The van der Waals surface area contributed by atoms with Crippen molar-refractivity contribution in [3.05, 3.63) is 95.6 Å². The van der Waals surface area contributed by atoms with E-state index in [0.29, 0.717) is 11.4 Å². The molecule has 3 nitrogen and oxygen atoms in total. The van der Waals surface area contributed by atoms with Gasteiger partial charge in [-0.05, 0) is 48.4 Å². The lowest BCUT2D eigenvalue weighted by molar-refractivity contribution is 0.102. The van der Waals surface area contributed by atoms with E-state index in [-0.39, 0.29) is 5.56 Å². The summed E-state index contributed by atoms with van der Waals surface area (Å²) in [4.78, 5) is 16.3. The van der Waals surface area contributed by atoms with Crippen molar-refractivity contribution in [2.75, 3.05) is 5.32 Å². The molecule has 116 valence electrons. The average molecular weight is 316 g/mol. The Labute approximate surface area is 139 Å². The summed E-state index contributed by atoms with van der Waals surface area (Å²) < 4.78 is 13.6. The van der Waals surface area contributed by atoms with Gasteiger partial charge in [-0.25, -0.2) is 9.37 Å². The number of nitrogens with zero attached hydrogens (tertiary/aromatic N) is 1. The summed E-state index contributed by atoms with van der Waals surface area (Å²) in [7, 11) is 0. The maximum Gasteiger partial charge on any atom is 0.258 e. The number of pyridine rings is 1. The Morgan fingerprint density at radius 3 is 2.58 bits per heavy atom. The highest BCUT2D eigenvalue weighted by Gasteiger charge is 2.10. The summed E-state index contributed by atoms with van der Waals surface area (Å²) in [6.45, 7) is 0. The molecular weight excluding hydrogens is 303 g/mol. The second kappa shape index (κ2) is 7.21. The molecule has 1 N–H and O–H groups in total. The Bertz CT molecular complexity index is 927. The van der Waals surface area contributed by atoms with E-state index in [4.69, 9.17) is 0 Å². The lowest BCUT2D eigenvalue weighted by atomic mass is 10.1. The van der Waals surface area contributed by atoms with Crippen LogP contribution >= 0.6 is 0 Å². The fourth-order valence-corrected chi connectivity index (χ4v) is 2.09. The molecular formula is C20H13FN2O. The molecule has 0 aliphatic rings. The number of hydrogen-bond donors (Lipinski definition) is 1. The van der Waals surface area contributed by atoms with Crippen molar-refractivity contribution in [2.24, 2.45) is 0 Å². The lowest BCUT2D eigenvalue weighted by Crippen LogP contribution is -2.13. The van der Waals surface area contributed by atoms with Gasteiger partial charge < -0.3 is 5.32 Å². The second-order valence-corrected chi connectivity index (χ2v) is 4.98. The normalized spacial score (nSPS) is 9.71. The highest BCUT2D eigenvalue weighted by Crippen LogP contribution is 2.13. The van der Waals surface area contributed by atoms with Crippen LogP contribution in [0.1, 0.15) is 21.6 Å². The minimum absolute atomic E-state index is 0.00229. The van der Waals surface area contributed by atoms with E-state index in [9.17, 15) is 9.18 Å². The molecule has 4 heteroatoms. The van der Waals surface area contributed by atoms with Crippen molar-refractivity contribution in [2.45, 2.75) is 0 Å². The van der Waals surface area contributed by atoms with Crippen molar-refractivity contribution in [1.82, 2.24) is 4.98 Å². The Morgan fingerprint density at radius 1 is 0.958 bits per heavy atom. The molecule has 0 saturated carbocycles. The van der Waals surface area contributed by atoms with Crippen molar-refractivity contribution >= 4 is 11.6 Å². The van der Waals surface area contributed by atoms with E-state index in [0.717, 1.165) is 5.56 Å². The third kappa shape index (κ3) is 3.84. The predicted octanol–water partition coefficient (Wildman–Crippen LogP) is 3.87. The molecule has 0 bridgehead atoms. The molecule has 2 aromatic carbocycles. The van der Waals surface area contributed by atoms with Crippen LogP contribution in [-0.4, -0.2) is 10.9 Å². The molecule has 1 aromatic heterocycles. The smallest absolute Gasteiger partial charge is 0.258 e. The van der Waals surface area contributed by atoms with Gasteiger partial charge in [0.2, 0.25) is 0 Å². The van der Waals surface area contributed by atoms with Gasteiger partial charge in [0.25, 0.3) is 5.91 Å². The van der Waals surface area contributed by atoms with E-state index in [1.807, 2.05) is 24.3 Å². The van der Waals surface area contributed by atoms with Gasteiger partial charge in [-0.1, -0.05) is 30.2 Å². The zero-order valence-corrected chi connectivity index (χ0v) is 12.7. The summed E-state index contributed by atoms with van der Waals surface area (Å²) in [6.07, 6.45) is 1.68. The maximum atomic E-state index is 13.6. The van der Waals surface area contributed by atoms with Gasteiger partial charge in [0.05, 0.1) is 5.56 Å². The minimum Gasteiger partial charge on any atom is -0.322 e. The summed E-state index contributed by atoms with van der Waals surface area (Å²) in [6, 6.07) is 18.4. The summed E-state index contributed by atoms with van der Waals surface area (Å²) in [5.41, 5.74) is 1.95. The van der Waals surface area contributed by atoms with Crippen molar-refractivity contribution < 1.29 is 9.18 Å². The Hall–Kier alpha value is -3.45. The highest BCUT2D eigenvalue weighted by molar-refractivity contribution is 6.04. The number of hydrogen-bond acceptors (Lipinski definition) is 2. The number of carbonyl (C=O) groups is 1. The third-order valence-corrected chi connectivity index (χ3v) is 3.24. The fourth-order valence-electron chi connectivity index (χ4n) is 2.09. The number of rotatable bonds is 2. The van der Waals surface area contributed by atoms with Crippen LogP contribution in [0.2, 0.25) is 0 Å². The Kier molecular flexibility index (Phi) is 4.64. The van der Waals surface area contributed by atoms with E-state index >= 15 is 0 Å². The summed E-state index contributed by atoms with van der Waals surface area (Å²) in [5.74, 6) is 4.88. The standard InChI is InChI=1S/C20H13FN2O/c21-19-10-2-1-9-18(19)20(24)23-17-8-5-6-15(14-17)11-12-16-7-3-4-13-22-16/h1-10,13-14H,(H,23,24). The number of anilines is 1. The molecule has 1 heterocycles. The number of halogens is 1. The summed E-state index contributed by atoms with van der Waals surface area (Å²) >= 11 is 0. The van der Waals surface area contributed by atoms with Gasteiger partial charge >= 0.3 is 0 Å². The fraction of sp³-hybridized carbons (Fsp3) is 0. The maximum absolute atomic E-state index is 13.6. The molecule has 0 saturated heterocycles. The predicted molar refractivity (Wildman–Crippen MR) is 91.0 cm³/mol. The second-order valence-electron chi connectivity index (χ2n) is 4.98. The summed E-state index contributed by atoms with van der Waals surface area (Å²) in [5, 5.41) is 2.68. The number of amides is 1. The molecule has 0 aliphatic heterocycles. The third-order valence-electron chi connectivity index (χ3n) is 3.24. The van der Waals surface area contributed by atoms with Crippen molar-refractivity contribution in [3.8, 4) is 11.8 Å². The molecule has 0 atom stereocenters. The minimum atomic E-state index is -0.555. The quantitative estimate of drug-likeness (QED) is 0.729. The van der Waals surface area contributed by atoms with E-state index < -0.39 is 11.7 Å². The molecule has 0 radical (unpaired) electrons. The van der Waals surface area contributed by atoms with Crippen molar-refractivity contribution in [1.29, 1.82) is 0 Å². The Balaban J connectivity index is 1.78. The van der Waals surface area contributed by atoms with E-state index in [1.165, 1.54) is 12.1 Å². The van der Waals surface area contributed by atoms with Crippen LogP contribution in [0.15, 0.2) is 72.9 Å². The first kappa shape index (κ1) is 15.4. The first-order valence-electron chi connectivity index (χ1n) is 7.31. The van der Waals surface area contributed by atoms with Crippen LogP contribution in [0.25, 0.3) is 0 Å². The topological polar surface area (TPSA) is 42.0 Å². The number of aromatic nitrogens is 1. The van der Waals surface area contributed by atoms with Crippen LogP contribution in [-0.2, 0) is 0 Å². The molecule has 1 amide bonds. The molecule has 24 heavy (non-hydrogen) atoms. The molecule has 0 unspecified atom stereocenters.